The lowest BCUT2D eigenvalue weighted by molar-refractivity contribution is -0.139. The highest BCUT2D eigenvalue weighted by Gasteiger charge is 2.52. The monoisotopic (exact) mass is 371 g/mol. The Labute approximate surface area is 160 Å². The predicted octanol–water partition coefficient (Wildman–Crippen LogP) is 2.71. The summed E-state index contributed by atoms with van der Waals surface area (Å²) in [7, 11) is 1.70. The van der Waals surface area contributed by atoms with Crippen molar-refractivity contribution in [1.82, 2.24) is 15.1 Å². The quantitative estimate of drug-likeness (QED) is 0.809. The lowest BCUT2D eigenvalue weighted by Crippen LogP contribution is -2.50. The number of hydrogen-bond acceptors (Lipinski definition) is 3. The summed E-state index contributed by atoms with van der Waals surface area (Å²) >= 11 is 0. The molecule has 1 aromatic carbocycles. The van der Waals surface area contributed by atoms with E-state index in [1.165, 1.54) is 5.56 Å². The molecule has 6 nitrogen and oxygen atoms in total. The SMILES string of the molecule is CCc1ccc(CN(C)C(=O)CN2C(=O)NC3(CCC(C)CC3)C2=O)cc1. The molecule has 1 heterocycles. The molecular formula is C21H29N3O3. The highest BCUT2D eigenvalue weighted by Crippen LogP contribution is 2.36. The van der Waals surface area contributed by atoms with Gasteiger partial charge in [0.25, 0.3) is 5.91 Å². The Balaban J connectivity index is 1.61. The van der Waals surface area contributed by atoms with Crippen molar-refractivity contribution in [1.29, 1.82) is 0 Å². The number of rotatable bonds is 5. The lowest BCUT2D eigenvalue weighted by Gasteiger charge is -2.33. The second-order valence-electron chi connectivity index (χ2n) is 8.01. The minimum absolute atomic E-state index is 0.203. The van der Waals surface area contributed by atoms with Crippen LogP contribution in [-0.4, -0.2) is 46.8 Å². The van der Waals surface area contributed by atoms with Crippen LogP contribution in [0.2, 0.25) is 0 Å². The molecule has 2 aliphatic rings. The first-order chi connectivity index (χ1) is 12.8. The van der Waals surface area contributed by atoms with Crippen LogP contribution in [0, 0.1) is 5.92 Å². The Morgan fingerprint density at radius 2 is 1.78 bits per heavy atom. The van der Waals surface area contributed by atoms with E-state index in [2.05, 4.69) is 31.3 Å². The van der Waals surface area contributed by atoms with E-state index >= 15 is 0 Å². The maximum Gasteiger partial charge on any atom is 0.325 e. The van der Waals surface area contributed by atoms with E-state index in [0.717, 1.165) is 29.7 Å². The third kappa shape index (κ3) is 3.99. The van der Waals surface area contributed by atoms with Gasteiger partial charge in [-0.15, -0.1) is 0 Å². The maximum atomic E-state index is 12.9. The highest BCUT2D eigenvalue weighted by atomic mass is 16.2. The van der Waals surface area contributed by atoms with Crippen LogP contribution in [0.5, 0.6) is 0 Å². The maximum absolute atomic E-state index is 12.9. The summed E-state index contributed by atoms with van der Waals surface area (Å²) in [5, 5.41) is 2.86. The second-order valence-corrected chi connectivity index (χ2v) is 8.01. The summed E-state index contributed by atoms with van der Waals surface area (Å²) < 4.78 is 0. The van der Waals surface area contributed by atoms with Gasteiger partial charge in [0.15, 0.2) is 0 Å². The molecule has 0 radical (unpaired) electrons. The van der Waals surface area contributed by atoms with E-state index in [-0.39, 0.29) is 18.4 Å². The molecule has 1 saturated carbocycles. The molecule has 0 aromatic heterocycles. The van der Waals surface area contributed by atoms with Gasteiger partial charge in [0, 0.05) is 13.6 Å². The summed E-state index contributed by atoms with van der Waals surface area (Å²) in [4.78, 5) is 40.5. The molecule has 6 heteroatoms. The average Bonchev–Trinajstić information content (AvgIpc) is 2.89. The second kappa shape index (κ2) is 7.71. The van der Waals surface area contributed by atoms with Crippen LogP contribution in [0.25, 0.3) is 0 Å². The van der Waals surface area contributed by atoms with Crippen molar-refractivity contribution in [3.05, 3.63) is 35.4 Å². The van der Waals surface area contributed by atoms with Gasteiger partial charge in [-0.2, -0.15) is 0 Å². The summed E-state index contributed by atoms with van der Waals surface area (Å²) in [5.74, 6) is 0.0917. The van der Waals surface area contributed by atoms with Gasteiger partial charge in [-0.25, -0.2) is 4.79 Å². The zero-order valence-electron chi connectivity index (χ0n) is 16.5. The van der Waals surface area contributed by atoms with Crippen molar-refractivity contribution in [3.8, 4) is 0 Å². The van der Waals surface area contributed by atoms with Crippen LogP contribution in [0.4, 0.5) is 4.79 Å². The number of carbonyl (C=O) groups is 3. The number of carbonyl (C=O) groups excluding carboxylic acids is 3. The van der Waals surface area contributed by atoms with Crippen molar-refractivity contribution >= 4 is 17.8 Å². The van der Waals surface area contributed by atoms with Crippen molar-refractivity contribution < 1.29 is 14.4 Å². The minimum atomic E-state index is -0.793. The van der Waals surface area contributed by atoms with Gasteiger partial charge < -0.3 is 10.2 Å². The van der Waals surface area contributed by atoms with Crippen LogP contribution in [0.1, 0.15) is 50.7 Å². The average molecular weight is 371 g/mol. The number of likely N-dealkylation sites (N-methyl/N-ethyl adjacent to an activating group) is 1. The normalized spacial score (nSPS) is 25.0. The van der Waals surface area contributed by atoms with Crippen LogP contribution in [0.15, 0.2) is 24.3 Å². The smallest absolute Gasteiger partial charge is 0.325 e. The van der Waals surface area contributed by atoms with Gasteiger partial charge in [-0.3, -0.25) is 14.5 Å². The lowest BCUT2D eigenvalue weighted by atomic mass is 9.77. The summed E-state index contributed by atoms with van der Waals surface area (Å²) in [6.07, 6.45) is 4.12. The van der Waals surface area contributed by atoms with E-state index in [1.54, 1.807) is 11.9 Å². The number of nitrogens with one attached hydrogen (secondary N) is 1. The molecule has 1 aliphatic carbocycles. The molecule has 146 valence electrons. The summed E-state index contributed by atoms with van der Waals surface area (Å²) in [5.41, 5.74) is 1.48. The molecule has 1 saturated heterocycles. The van der Waals surface area contributed by atoms with E-state index in [0.29, 0.717) is 25.3 Å². The molecule has 0 unspecified atom stereocenters. The molecule has 2 fully saturated rings. The Morgan fingerprint density at radius 1 is 1.19 bits per heavy atom. The first-order valence-corrected chi connectivity index (χ1v) is 9.80. The largest absolute Gasteiger partial charge is 0.340 e. The Hall–Kier alpha value is -2.37. The Kier molecular flexibility index (Phi) is 5.53. The number of hydrogen-bond donors (Lipinski definition) is 1. The third-order valence-corrected chi connectivity index (χ3v) is 5.94. The van der Waals surface area contributed by atoms with Crippen molar-refractivity contribution in [2.45, 2.75) is 58.0 Å². The van der Waals surface area contributed by atoms with Gasteiger partial charge in [0.05, 0.1) is 0 Å². The predicted molar refractivity (Wildman–Crippen MR) is 103 cm³/mol. The fraction of sp³-hybridized carbons (Fsp3) is 0.571. The van der Waals surface area contributed by atoms with Crippen LogP contribution < -0.4 is 5.32 Å². The zero-order valence-corrected chi connectivity index (χ0v) is 16.5. The van der Waals surface area contributed by atoms with E-state index in [9.17, 15) is 14.4 Å². The molecule has 0 atom stereocenters. The van der Waals surface area contributed by atoms with E-state index < -0.39 is 11.6 Å². The summed E-state index contributed by atoms with van der Waals surface area (Å²) in [6, 6.07) is 7.68. The minimum Gasteiger partial charge on any atom is -0.340 e. The molecule has 1 aliphatic heterocycles. The topological polar surface area (TPSA) is 69.7 Å². The van der Waals surface area contributed by atoms with E-state index in [4.69, 9.17) is 0 Å². The number of nitrogens with zero attached hydrogens (tertiary/aromatic N) is 2. The van der Waals surface area contributed by atoms with Gasteiger partial charge in [-0.05, 0) is 49.1 Å². The van der Waals surface area contributed by atoms with Crippen molar-refractivity contribution in [2.24, 2.45) is 5.92 Å². The molecule has 4 amide bonds. The summed E-state index contributed by atoms with van der Waals surface area (Å²) in [6.45, 7) is 4.51. The fourth-order valence-corrected chi connectivity index (χ4v) is 3.91. The Morgan fingerprint density at radius 3 is 2.37 bits per heavy atom. The third-order valence-electron chi connectivity index (χ3n) is 5.94. The molecule has 1 N–H and O–H groups in total. The molecule has 0 bridgehead atoms. The fourth-order valence-electron chi connectivity index (χ4n) is 3.91. The van der Waals surface area contributed by atoms with E-state index in [1.807, 2.05) is 12.1 Å². The number of urea groups is 1. The highest BCUT2D eigenvalue weighted by molar-refractivity contribution is 6.09. The van der Waals surface area contributed by atoms with Crippen LogP contribution in [0.3, 0.4) is 0 Å². The number of amides is 4. The molecular weight excluding hydrogens is 342 g/mol. The standard InChI is InChI=1S/C21H29N3O3/c1-4-16-5-7-17(8-6-16)13-23(3)18(25)14-24-19(26)21(22-20(24)27)11-9-15(2)10-12-21/h5-8,15H,4,9-14H2,1-3H3,(H,22,27). The van der Waals surface area contributed by atoms with Crippen molar-refractivity contribution in [3.63, 3.8) is 0 Å². The number of imide groups is 1. The number of aryl methyl sites for hydroxylation is 1. The van der Waals surface area contributed by atoms with Gasteiger partial charge in [0.2, 0.25) is 5.91 Å². The van der Waals surface area contributed by atoms with Crippen molar-refractivity contribution in [2.75, 3.05) is 13.6 Å². The van der Waals surface area contributed by atoms with Gasteiger partial charge in [0.1, 0.15) is 12.1 Å². The molecule has 3 rings (SSSR count). The van der Waals surface area contributed by atoms with Gasteiger partial charge >= 0.3 is 6.03 Å². The number of benzene rings is 1. The Bertz CT molecular complexity index is 721. The molecule has 1 spiro atoms. The molecule has 1 aromatic rings. The first kappa shape index (κ1) is 19.4. The molecule has 27 heavy (non-hydrogen) atoms. The zero-order chi connectivity index (χ0) is 19.6. The van der Waals surface area contributed by atoms with Gasteiger partial charge in [-0.1, -0.05) is 38.1 Å². The van der Waals surface area contributed by atoms with Crippen LogP contribution in [-0.2, 0) is 22.6 Å². The first-order valence-electron chi connectivity index (χ1n) is 9.80. The van der Waals surface area contributed by atoms with Crippen LogP contribution >= 0.6 is 0 Å².